The van der Waals surface area contributed by atoms with Crippen LogP contribution in [-0.4, -0.2) is 17.0 Å². The predicted molar refractivity (Wildman–Crippen MR) is 87.2 cm³/mol. The van der Waals surface area contributed by atoms with Crippen LogP contribution in [0.3, 0.4) is 0 Å². The minimum Gasteiger partial charge on any atom is -0.478 e. The van der Waals surface area contributed by atoms with Gasteiger partial charge in [0.15, 0.2) is 0 Å². The van der Waals surface area contributed by atoms with Crippen LogP contribution in [0.2, 0.25) is 0 Å². The molecule has 0 spiro atoms. The number of carboxylic acids is 1. The molecule has 6 heteroatoms. The second-order valence-electron chi connectivity index (χ2n) is 5.71. The fourth-order valence-electron chi connectivity index (χ4n) is 2.71. The zero-order chi connectivity index (χ0) is 16.6. The number of benzene rings is 1. The molecule has 1 heterocycles. The molecule has 1 saturated carbocycles. The Balaban J connectivity index is 1.56. The van der Waals surface area contributed by atoms with Crippen molar-refractivity contribution < 1.29 is 19.1 Å². The lowest BCUT2D eigenvalue weighted by molar-refractivity contribution is -0.122. The Morgan fingerprint density at radius 1 is 1.35 bits per heavy atom. The summed E-state index contributed by atoms with van der Waals surface area (Å²) in [5.74, 6) is -0.0117. The van der Waals surface area contributed by atoms with Gasteiger partial charge in [-0.2, -0.15) is 0 Å². The number of amides is 1. The van der Waals surface area contributed by atoms with E-state index in [4.69, 9.17) is 9.52 Å². The summed E-state index contributed by atoms with van der Waals surface area (Å²) in [4.78, 5) is 23.1. The molecule has 0 saturated heterocycles. The number of aromatic carboxylic acids is 1. The number of rotatable bonds is 5. The summed E-state index contributed by atoms with van der Waals surface area (Å²) in [6.45, 7) is 1.80. The van der Waals surface area contributed by atoms with Crippen LogP contribution in [0.4, 0.5) is 0 Å². The highest BCUT2D eigenvalue weighted by atomic mass is 79.9. The molecule has 120 valence electrons. The minimum absolute atomic E-state index is 0.0221. The Hall–Kier alpha value is -2.08. The van der Waals surface area contributed by atoms with Crippen molar-refractivity contribution in [2.24, 2.45) is 5.92 Å². The highest BCUT2D eigenvalue weighted by Gasteiger charge is 2.43. The molecule has 2 atom stereocenters. The molecule has 2 unspecified atom stereocenters. The fraction of sp³-hybridized carbons (Fsp3) is 0.294. The molecule has 2 N–H and O–H groups in total. The van der Waals surface area contributed by atoms with Crippen molar-refractivity contribution >= 4 is 27.8 Å². The van der Waals surface area contributed by atoms with Crippen molar-refractivity contribution in [1.29, 1.82) is 0 Å². The molecule has 0 aliphatic heterocycles. The molecule has 1 amide bonds. The Labute approximate surface area is 141 Å². The van der Waals surface area contributed by atoms with Gasteiger partial charge in [0.1, 0.15) is 17.1 Å². The van der Waals surface area contributed by atoms with Crippen LogP contribution in [0, 0.1) is 12.8 Å². The van der Waals surface area contributed by atoms with Gasteiger partial charge in [0.2, 0.25) is 5.91 Å². The second kappa shape index (κ2) is 6.20. The Morgan fingerprint density at radius 3 is 2.65 bits per heavy atom. The lowest BCUT2D eigenvalue weighted by atomic mass is 10.1. The monoisotopic (exact) mass is 377 g/mol. The van der Waals surface area contributed by atoms with Gasteiger partial charge in [-0.3, -0.25) is 4.79 Å². The minimum atomic E-state index is -1.03. The summed E-state index contributed by atoms with van der Waals surface area (Å²) in [5.41, 5.74) is 1.30. The van der Waals surface area contributed by atoms with Crippen LogP contribution in [0.5, 0.6) is 0 Å². The van der Waals surface area contributed by atoms with E-state index in [0.717, 1.165) is 16.5 Å². The molecule has 23 heavy (non-hydrogen) atoms. The van der Waals surface area contributed by atoms with E-state index in [1.807, 2.05) is 24.3 Å². The van der Waals surface area contributed by atoms with Crippen LogP contribution in [0.1, 0.15) is 39.8 Å². The number of hydrogen-bond acceptors (Lipinski definition) is 3. The number of carbonyl (C=O) groups is 2. The number of aryl methyl sites for hydroxylation is 1. The van der Waals surface area contributed by atoms with E-state index < -0.39 is 5.97 Å². The first-order valence-corrected chi connectivity index (χ1v) is 8.11. The van der Waals surface area contributed by atoms with E-state index in [-0.39, 0.29) is 29.9 Å². The maximum absolute atomic E-state index is 12.2. The third-order valence-electron chi connectivity index (χ3n) is 4.06. The van der Waals surface area contributed by atoms with Gasteiger partial charge in [-0.1, -0.05) is 28.1 Å². The molecular formula is C17H16BrNO4. The van der Waals surface area contributed by atoms with Gasteiger partial charge in [0.05, 0.1) is 6.54 Å². The van der Waals surface area contributed by atoms with E-state index >= 15 is 0 Å². The van der Waals surface area contributed by atoms with E-state index in [9.17, 15) is 9.59 Å². The van der Waals surface area contributed by atoms with Gasteiger partial charge in [-0.15, -0.1) is 0 Å². The average molecular weight is 378 g/mol. The van der Waals surface area contributed by atoms with Gasteiger partial charge < -0.3 is 14.8 Å². The fourth-order valence-corrected chi connectivity index (χ4v) is 2.98. The van der Waals surface area contributed by atoms with Gasteiger partial charge in [0.25, 0.3) is 0 Å². The Morgan fingerprint density at radius 2 is 2.04 bits per heavy atom. The van der Waals surface area contributed by atoms with Crippen LogP contribution in [0.25, 0.3) is 0 Å². The molecular weight excluding hydrogens is 362 g/mol. The smallest absolute Gasteiger partial charge is 0.339 e. The lowest BCUT2D eigenvalue weighted by Crippen LogP contribution is -2.24. The first kappa shape index (κ1) is 15.8. The first-order chi connectivity index (χ1) is 11.0. The largest absolute Gasteiger partial charge is 0.478 e. The van der Waals surface area contributed by atoms with Crippen molar-refractivity contribution in [3.05, 3.63) is 57.5 Å². The number of hydrogen-bond donors (Lipinski definition) is 2. The molecule has 1 aromatic carbocycles. The van der Waals surface area contributed by atoms with Crippen LogP contribution in [0.15, 0.2) is 39.2 Å². The summed E-state index contributed by atoms with van der Waals surface area (Å²) >= 11 is 3.40. The zero-order valence-electron chi connectivity index (χ0n) is 12.5. The predicted octanol–water partition coefficient (Wildman–Crippen LogP) is 3.47. The lowest BCUT2D eigenvalue weighted by Gasteiger charge is -2.03. The average Bonchev–Trinajstić information content (AvgIpc) is 3.22. The maximum Gasteiger partial charge on any atom is 0.339 e. The SMILES string of the molecule is Cc1oc(CNC(=O)C2CC2c2ccc(Br)cc2)cc1C(=O)O. The Bertz CT molecular complexity index is 750. The quantitative estimate of drug-likeness (QED) is 0.835. The van der Waals surface area contributed by atoms with Gasteiger partial charge in [0, 0.05) is 10.4 Å². The highest BCUT2D eigenvalue weighted by molar-refractivity contribution is 9.10. The molecule has 1 aromatic heterocycles. The van der Waals surface area contributed by atoms with E-state index in [1.54, 1.807) is 6.92 Å². The molecule has 1 aliphatic carbocycles. The third-order valence-corrected chi connectivity index (χ3v) is 4.59. The van der Waals surface area contributed by atoms with E-state index in [0.29, 0.717) is 11.5 Å². The van der Waals surface area contributed by atoms with Crippen molar-refractivity contribution in [2.45, 2.75) is 25.8 Å². The van der Waals surface area contributed by atoms with Crippen LogP contribution >= 0.6 is 15.9 Å². The molecule has 1 aliphatic rings. The summed E-state index contributed by atoms with van der Waals surface area (Å²) in [6, 6.07) is 9.45. The summed E-state index contributed by atoms with van der Waals surface area (Å²) in [5, 5.41) is 11.8. The standard InChI is InChI=1S/C17H16BrNO4/c1-9-13(17(21)22)6-12(23-9)8-19-16(20)15-7-14(15)10-2-4-11(18)5-3-10/h2-6,14-15H,7-8H2,1H3,(H,19,20)(H,21,22). The highest BCUT2D eigenvalue weighted by Crippen LogP contribution is 2.47. The summed E-state index contributed by atoms with van der Waals surface area (Å²) in [7, 11) is 0. The van der Waals surface area contributed by atoms with E-state index in [1.165, 1.54) is 6.07 Å². The molecule has 0 bridgehead atoms. The van der Waals surface area contributed by atoms with Gasteiger partial charge in [-0.25, -0.2) is 4.79 Å². The van der Waals surface area contributed by atoms with Crippen molar-refractivity contribution in [1.82, 2.24) is 5.32 Å². The molecule has 5 nitrogen and oxygen atoms in total. The van der Waals surface area contributed by atoms with Crippen molar-refractivity contribution in [3.8, 4) is 0 Å². The summed E-state index contributed by atoms with van der Waals surface area (Å²) in [6.07, 6.45) is 0.838. The number of nitrogens with one attached hydrogen (secondary N) is 1. The number of carbonyl (C=O) groups excluding carboxylic acids is 1. The molecule has 2 aromatic rings. The third kappa shape index (κ3) is 3.47. The number of carboxylic acid groups (broad SMARTS) is 1. The molecule has 0 radical (unpaired) electrons. The summed E-state index contributed by atoms with van der Waals surface area (Å²) < 4.78 is 6.37. The maximum atomic E-state index is 12.2. The first-order valence-electron chi connectivity index (χ1n) is 7.31. The molecule has 1 fully saturated rings. The number of halogens is 1. The van der Waals surface area contributed by atoms with Crippen LogP contribution in [-0.2, 0) is 11.3 Å². The zero-order valence-corrected chi connectivity index (χ0v) is 14.1. The van der Waals surface area contributed by atoms with Crippen LogP contribution < -0.4 is 5.32 Å². The van der Waals surface area contributed by atoms with Gasteiger partial charge in [-0.05, 0) is 43.0 Å². The van der Waals surface area contributed by atoms with E-state index in [2.05, 4.69) is 21.2 Å². The normalized spacial score (nSPS) is 19.4. The second-order valence-corrected chi connectivity index (χ2v) is 6.62. The van der Waals surface area contributed by atoms with Gasteiger partial charge >= 0.3 is 5.97 Å². The topological polar surface area (TPSA) is 79.5 Å². The Kier molecular flexibility index (Phi) is 4.26. The van der Waals surface area contributed by atoms with Crippen molar-refractivity contribution in [3.63, 3.8) is 0 Å². The van der Waals surface area contributed by atoms with Crippen molar-refractivity contribution in [2.75, 3.05) is 0 Å². The number of furan rings is 1. The molecule has 3 rings (SSSR count).